The van der Waals surface area contributed by atoms with Crippen molar-refractivity contribution in [1.82, 2.24) is 0 Å². The SMILES string of the molecule is Cc1c2ccccc2cc2ccccc12.Cc1cc2c(c3ccccc13)-c1c(ccc3ccccc13)C2.Cc1cc2c(c3ccccc13)-c1ccccc1C2.Cc1ccc2c(c1)-c1c(ccc3ccccc13)C2.Cc1ccc2c(c1)-c1ccccc1C2.Cc1ccc2c(c1)Cc1ccc3ccccc3c1-2.Cc1ccc2c(c1)Cc1ccccc1-2.Cc1ccc2c3ccccc3c3ccccc3c2c1. The lowest BCUT2D eigenvalue weighted by atomic mass is 9.92. The van der Waals surface area contributed by atoms with Gasteiger partial charge in [0, 0.05) is 0 Å². The lowest BCUT2D eigenvalue weighted by molar-refractivity contribution is 1.25. The molecule has 0 aliphatic heterocycles. The zero-order valence-corrected chi connectivity index (χ0v) is 79.8. The van der Waals surface area contributed by atoms with Gasteiger partial charge in [0.2, 0.25) is 0 Å². The molecule has 30 rings (SSSR count). The molecule has 6 aliphatic rings. The average molecular weight is 1770 g/mol. The van der Waals surface area contributed by atoms with Crippen LogP contribution >= 0.6 is 0 Å². The summed E-state index contributed by atoms with van der Waals surface area (Å²) in [4.78, 5) is 0. The van der Waals surface area contributed by atoms with Crippen molar-refractivity contribution in [2.45, 2.75) is 93.9 Å². The van der Waals surface area contributed by atoms with Crippen LogP contribution in [0.25, 0.3) is 174 Å². The lowest BCUT2D eigenvalue weighted by Gasteiger charge is -2.11. The highest BCUT2D eigenvalue weighted by Gasteiger charge is 2.28. The van der Waals surface area contributed by atoms with Crippen LogP contribution in [-0.2, 0) is 38.5 Å². The Labute approximate surface area is 810 Å². The summed E-state index contributed by atoms with van der Waals surface area (Å²) in [7, 11) is 0. The molecule has 0 amide bonds. The van der Waals surface area contributed by atoms with Crippen molar-refractivity contribution in [1.29, 1.82) is 0 Å². The molecule has 0 radical (unpaired) electrons. The Hall–Kier alpha value is -16.1. The summed E-state index contributed by atoms with van der Waals surface area (Å²) in [6, 6.07) is 159. The highest BCUT2D eigenvalue weighted by atomic mass is 14.3. The van der Waals surface area contributed by atoms with Gasteiger partial charge in [-0.2, -0.15) is 0 Å². The van der Waals surface area contributed by atoms with Gasteiger partial charge in [-0.05, 0) is 358 Å². The molecule has 0 heteroatoms. The molecule has 6 aliphatic carbocycles. The topological polar surface area (TPSA) is 0 Å². The molecule has 660 valence electrons. The van der Waals surface area contributed by atoms with Crippen LogP contribution in [0.3, 0.4) is 0 Å². The lowest BCUT2D eigenvalue weighted by Crippen LogP contribution is -1.87. The van der Waals surface area contributed by atoms with E-state index in [2.05, 4.69) is 492 Å². The molecule has 24 aromatic rings. The van der Waals surface area contributed by atoms with Crippen LogP contribution in [0.2, 0.25) is 0 Å². The fourth-order valence-electron chi connectivity index (χ4n) is 23.2. The smallest absolute Gasteiger partial charge is 0.00129 e. The van der Waals surface area contributed by atoms with E-state index in [0.29, 0.717) is 0 Å². The quantitative estimate of drug-likeness (QED) is 0.105. The molecule has 0 bridgehead atoms. The van der Waals surface area contributed by atoms with Gasteiger partial charge in [0.05, 0.1) is 0 Å². The van der Waals surface area contributed by atoms with Crippen LogP contribution in [0.4, 0.5) is 0 Å². The van der Waals surface area contributed by atoms with Gasteiger partial charge in [0.25, 0.3) is 0 Å². The molecular weight excluding hydrogens is 1660 g/mol. The summed E-state index contributed by atoms with van der Waals surface area (Å²) in [6.45, 7) is 17.4. The maximum atomic E-state index is 2.38. The van der Waals surface area contributed by atoms with Gasteiger partial charge in [-0.1, -0.05) is 459 Å². The molecule has 0 saturated carbocycles. The second-order valence-corrected chi connectivity index (χ2v) is 38.8. The van der Waals surface area contributed by atoms with Crippen LogP contribution in [0.15, 0.2) is 437 Å². The number of rotatable bonds is 0. The maximum Gasteiger partial charge on any atom is -0.00129 e. The van der Waals surface area contributed by atoms with Crippen LogP contribution < -0.4 is 0 Å². The summed E-state index contributed by atoms with van der Waals surface area (Å²) in [5, 5.41) is 27.2. The first kappa shape index (κ1) is 86.0. The second kappa shape index (κ2) is 36.6. The maximum absolute atomic E-state index is 2.38. The minimum atomic E-state index is 1.06. The molecule has 0 unspecified atom stereocenters. The Morgan fingerprint density at radius 1 is 0.123 bits per heavy atom. The Kier molecular flexibility index (Phi) is 22.8. The molecule has 0 aromatic heterocycles. The number of fused-ring (bicyclic) bond motifs is 36. The molecule has 0 fully saturated rings. The van der Waals surface area contributed by atoms with E-state index in [9.17, 15) is 0 Å². The molecule has 0 heterocycles. The number of benzene rings is 24. The summed E-state index contributed by atoms with van der Waals surface area (Å²) in [6.07, 6.45) is 6.50. The van der Waals surface area contributed by atoms with E-state index in [1.807, 2.05) is 0 Å². The first-order valence-corrected chi connectivity index (χ1v) is 49.1. The summed E-state index contributed by atoms with van der Waals surface area (Å²) in [5.41, 5.74) is 45.7. The van der Waals surface area contributed by atoms with E-state index < -0.39 is 0 Å². The van der Waals surface area contributed by atoms with Gasteiger partial charge in [0.15, 0.2) is 0 Å². The van der Waals surface area contributed by atoms with E-state index in [0.717, 1.165) is 38.5 Å². The molecule has 24 aromatic carbocycles. The molecule has 0 N–H and O–H groups in total. The van der Waals surface area contributed by atoms with Crippen LogP contribution in [0.1, 0.15) is 111 Å². The average Bonchev–Trinajstić information content (AvgIpc) is 1.50. The van der Waals surface area contributed by atoms with Crippen molar-refractivity contribution in [2.75, 3.05) is 0 Å². The highest BCUT2D eigenvalue weighted by molar-refractivity contribution is 6.25. The Morgan fingerprint density at radius 3 is 0.928 bits per heavy atom. The monoisotopic (exact) mass is 1760 g/mol. The number of aryl methyl sites for hydroxylation is 8. The molecular formula is C138H108. The standard InChI is InChI=1S/C22H16.C19H14.3C18H14.C15H12.2C14H12/c1-14-12-17-13-16-11-10-15-6-2-3-8-19(15)21(16)22(17)20-9-5-4-7-18(14)20;1-13-10-11-18-16-8-3-2-6-14(16)15-7-4-5-9-17(15)19(18)12-13;1-12-10-14-11-13-6-2-3-8-16(13)18(14)17-9-5-4-7-15(12)17;1-12-6-9-17-15(10-12)11-14-8-7-13-4-2-3-5-16(13)18(14)17;1-12-6-7-14-11-15-9-8-13-4-2-3-5-16(13)18(15)17(14)10-12;1-11-14-8-4-2-6-12(14)10-13-7-3-5-9-15(11)13;1-10-6-7-14-12(8-10)9-11-4-2-3-5-13(11)14;1-10-6-7-12-9-11-4-2-3-5-13(11)14(12)8-10/h2-12H,13H2,1H3;2-12H,1H3;3*2-10H,11H2,1H3;2-10H,1H3;2*2-8H,9H2,1H3. The van der Waals surface area contributed by atoms with Crippen molar-refractivity contribution < 1.29 is 0 Å². The van der Waals surface area contributed by atoms with E-state index in [-0.39, 0.29) is 0 Å². The van der Waals surface area contributed by atoms with Gasteiger partial charge < -0.3 is 0 Å². The fourth-order valence-corrected chi connectivity index (χ4v) is 23.2. The summed E-state index contributed by atoms with van der Waals surface area (Å²) in [5.74, 6) is 0. The zero-order chi connectivity index (χ0) is 93.2. The van der Waals surface area contributed by atoms with E-state index in [4.69, 9.17) is 0 Å². The summed E-state index contributed by atoms with van der Waals surface area (Å²) < 4.78 is 0. The molecule has 0 spiro atoms. The fraction of sp³-hybridized carbons (Fsp3) is 0.101. The first-order valence-electron chi connectivity index (χ1n) is 49.1. The second-order valence-electron chi connectivity index (χ2n) is 38.8. The third kappa shape index (κ3) is 16.2. The highest BCUT2D eigenvalue weighted by Crippen LogP contribution is 2.50. The van der Waals surface area contributed by atoms with Crippen molar-refractivity contribution in [3.63, 3.8) is 0 Å². The molecule has 138 heavy (non-hydrogen) atoms. The van der Waals surface area contributed by atoms with Crippen molar-refractivity contribution in [3.8, 4) is 66.8 Å². The van der Waals surface area contributed by atoms with E-state index in [1.54, 1.807) is 0 Å². The number of hydrogen-bond donors (Lipinski definition) is 0. The van der Waals surface area contributed by atoms with Crippen LogP contribution in [-0.4, -0.2) is 0 Å². The largest absolute Gasteiger partial charge is 0.0619 e. The first-order chi connectivity index (χ1) is 67.7. The van der Waals surface area contributed by atoms with E-state index >= 15 is 0 Å². The van der Waals surface area contributed by atoms with Gasteiger partial charge >= 0.3 is 0 Å². The van der Waals surface area contributed by atoms with Crippen LogP contribution in [0, 0.1) is 55.4 Å². The van der Waals surface area contributed by atoms with Crippen molar-refractivity contribution in [2.24, 2.45) is 0 Å². The predicted molar refractivity (Wildman–Crippen MR) is 594 cm³/mol. The Bertz CT molecular complexity index is 8900. The Balaban J connectivity index is 0.0000000887. The van der Waals surface area contributed by atoms with Gasteiger partial charge in [-0.15, -0.1) is 0 Å². The normalized spacial score (nSPS) is 12.2. The molecule has 0 atom stereocenters. The van der Waals surface area contributed by atoms with Gasteiger partial charge in [-0.25, -0.2) is 0 Å². The minimum absolute atomic E-state index is 1.06. The van der Waals surface area contributed by atoms with Gasteiger partial charge in [0.1, 0.15) is 0 Å². The number of hydrogen-bond acceptors (Lipinski definition) is 0. The van der Waals surface area contributed by atoms with E-state index in [1.165, 1.54) is 286 Å². The summed E-state index contributed by atoms with van der Waals surface area (Å²) >= 11 is 0. The zero-order valence-electron chi connectivity index (χ0n) is 79.8. The van der Waals surface area contributed by atoms with Gasteiger partial charge in [-0.3, -0.25) is 0 Å². The third-order valence-electron chi connectivity index (χ3n) is 29.7. The van der Waals surface area contributed by atoms with Crippen molar-refractivity contribution >= 4 is 108 Å². The molecule has 0 saturated heterocycles. The Morgan fingerprint density at radius 2 is 0.391 bits per heavy atom. The predicted octanol–water partition coefficient (Wildman–Crippen LogP) is 36.9. The van der Waals surface area contributed by atoms with Crippen molar-refractivity contribution in [3.05, 3.63) is 548 Å². The third-order valence-corrected chi connectivity index (χ3v) is 29.7. The molecule has 0 nitrogen and oxygen atoms in total. The van der Waals surface area contributed by atoms with Crippen LogP contribution in [0.5, 0.6) is 0 Å². The minimum Gasteiger partial charge on any atom is -0.0619 e.